The summed E-state index contributed by atoms with van der Waals surface area (Å²) in [4.78, 5) is 31.9. The molecule has 2 aromatic carbocycles. The maximum Gasteiger partial charge on any atom is 0.343 e. The molecule has 4 rings (SSSR count). The molecule has 0 amide bonds. The Morgan fingerprint density at radius 3 is 2.30 bits per heavy atom. The number of methoxy groups -OCH3 is 1. The Morgan fingerprint density at radius 2 is 1.63 bits per heavy atom. The first-order valence-corrected chi connectivity index (χ1v) is 8.96. The molecule has 27 heavy (non-hydrogen) atoms. The van der Waals surface area contributed by atoms with Crippen molar-refractivity contribution in [2.45, 2.75) is 0 Å². The molecule has 1 saturated heterocycles. The summed E-state index contributed by atoms with van der Waals surface area (Å²) in [6.45, 7) is 3.70. The molecular formula is C21H21N3O3. The van der Waals surface area contributed by atoms with Gasteiger partial charge in [-0.3, -0.25) is 4.79 Å². The molecule has 138 valence electrons. The summed E-state index contributed by atoms with van der Waals surface area (Å²) in [5, 5.41) is 0.490. The predicted molar refractivity (Wildman–Crippen MR) is 107 cm³/mol. The minimum atomic E-state index is -0.626. The number of anilines is 2. The molecule has 1 N–H and O–H groups in total. The molecule has 1 aromatic heterocycles. The second-order valence-corrected chi connectivity index (χ2v) is 6.56. The van der Waals surface area contributed by atoms with Crippen molar-refractivity contribution in [3.8, 4) is 0 Å². The number of carbonyl (C=O) groups excluding carboxylic acids is 1. The molecule has 3 aromatic rings. The molecule has 0 bridgehead atoms. The fraction of sp³-hybridized carbons (Fsp3) is 0.238. The molecule has 1 aliphatic heterocycles. The lowest BCUT2D eigenvalue weighted by molar-refractivity contribution is 0.0599. The number of piperazine rings is 1. The van der Waals surface area contributed by atoms with Gasteiger partial charge in [0.2, 0.25) is 5.43 Å². The Hall–Kier alpha value is -3.28. The largest absolute Gasteiger partial charge is 0.465 e. The van der Waals surface area contributed by atoms with Crippen molar-refractivity contribution in [3.63, 3.8) is 0 Å². The zero-order valence-electron chi connectivity index (χ0n) is 15.1. The van der Waals surface area contributed by atoms with Crippen molar-refractivity contribution in [2.75, 3.05) is 43.1 Å². The third-order valence-electron chi connectivity index (χ3n) is 5.04. The van der Waals surface area contributed by atoms with Crippen LogP contribution in [0.5, 0.6) is 0 Å². The van der Waals surface area contributed by atoms with E-state index in [2.05, 4.69) is 43.8 Å². The zero-order valence-corrected chi connectivity index (χ0v) is 15.1. The van der Waals surface area contributed by atoms with Crippen molar-refractivity contribution < 1.29 is 9.53 Å². The van der Waals surface area contributed by atoms with Crippen LogP contribution in [0.1, 0.15) is 10.4 Å². The van der Waals surface area contributed by atoms with Crippen molar-refractivity contribution in [3.05, 3.63) is 70.5 Å². The molecular weight excluding hydrogens is 342 g/mol. The second-order valence-electron chi connectivity index (χ2n) is 6.56. The van der Waals surface area contributed by atoms with E-state index in [9.17, 15) is 9.59 Å². The molecule has 0 aliphatic carbocycles. The van der Waals surface area contributed by atoms with Gasteiger partial charge in [0.25, 0.3) is 0 Å². The standard InChI is InChI=1S/C21H21N3O3/c1-27-21(26)18-14-22-19-13-16(7-8-17(19)20(18)25)24-11-9-23(10-12-24)15-5-3-2-4-6-15/h2-8,13-14H,9-12H2,1H3,(H,22,25). The van der Waals surface area contributed by atoms with Gasteiger partial charge >= 0.3 is 5.97 Å². The van der Waals surface area contributed by atoms with E-state index in [1.54, 1.807) is 6.07 Å². The molecule has 0 radical (unpaired) electrons. The Kier molecular flexibility index (Phi) is 4.54. The smallest absolute Gasteiger partial charge is 0.343 e. The van der Waals surface area contributed by atoms with Crippen LogP contribution in [-0.4, -0.2) is 44.2 Å². The number of para-hydroxylation sites is 1. The summed E-state index contributed by atoms with van der Waals surface area (Å²) in [5.41, 5.74) is 2.74. The number of rotatable bonds is 3. The molecule has 1 fully saturated rings. The van der Waals surface area contributed by atoms with E-state index >= 15 is 0 Å². The number of pyridine rings is 1. The van der Waals surface area contributed by atoms with Gasteiger partial charge in [-0.05, 0) is 30.3 Å². The highest BCUT2D eigenvalue weighted by Crippen LogP contribution is 2.23. The van der Waals surface area contributed by atoms with E-state index in [1.807, 2.05) is 18.2 Å². The number of hydrogen-bond donors (Lipinski definition) is 1. The molecule has 0 saturated carbocycles. The third-order valence-corrected chi connectivity index (χ3v) is 5.04. The van der Waals surface area contributed by atoms with Crippen LogP contribution in [0.15, 0.2) is 59.5 Å². The van der Waals surface area contributed by atoms with Crippen LogP contribution in [-0.2, 0) is 4.74 Å². The average Bonchev–Trinajstić information content (AvgIpc) is 2.74. The number of benzene rings is 2. The van der Waals surface area contributed by atoms with Gasteiger partial charge in [-0.1, -0.05) is 18.2 Å². The van der Waals surface area contributed by atoms with Gasteiger partial charge in [0.15, 0.2) is 0 Å². The van der Waals surface area contributed by atoms with E-state index < -0.39 is 5.97 Å². The topological polar surface area (TPSA) is 65.6 Å². The van der Waals surface area contributed by atoms with E-state index in [4.69, 9.17) is 0 Å². The van der Waals surface area contributed by atoms with E-state index in [-0.39, 0.29) is 11.0 Å². The minimum absolute atomic E-state index is 0.0224. The lowest BCUT2D eigenvalue weighted by Crippen LogP contribution is -2.46. The van der Waals surface area contributed by atoms with Gasteiger partial charge in [-0.15, -0.1) is 0 Å². The van der Waals surface area contributed by atoms with Crippen LogP contribution >= 0.6 is 0 Å². The fourth-order valence-electron chi connectivity index (χ4n) is 3.53. The fourth-order valence-corrected chi connectivity index (χ4v) is 3.53. The Bertz CT molecular complexity index is 1020. The summed E-state index contributed by atoms with van der Waals surface area (Å²) in [6, 6.07) is 16.1. The molecule has 2 heterocycles. The monoisotopic (exact) mass is 363 g/mol. The number of nitrogens with zero attached hydrogens (tertiary/aromatic N) is 2. The number of fused-ring (bicyclic) bond motifs is 1. The van der Waals surface area contributed by atoms with Crippen molar-refractivity contribution >= 4 is 28.2 Å². The predicted octanol–water partition coefficient (Wildman–Crippen LogP) is 2.64. The first-order valence-electron chi connectivity index (χ1n) is 8.96. The number of ether oxygens (including phenoxy) is 1. The van der Waals surface area contributed by atoms with Crippen LogP contribution in [0, 0.1) is 0 Å². The van der Waals surface area contributed by atoms with Crippen LogP contribution in [0.2, 0.25) is 0 Å². The summed E-state index contributed by atoms with van der Waals surface area (Å²) in [7, 11) is 1.27. The quantitative estimate of drug-likeness (QED) is 0.725. The number of carbonyl (C=O) groups is 1. The highest BCUT2D eigenvalue weighted by atomic mass is 16.5. The minimum Gasteiger partial charge on any atom is -0.465 e. The highest BCUT2D eigenvalue weighted by Gasteiger charge is 2.19. The number of aromatic nitrogens is 1. The van der Waals surface area contributed by atoms with Crippen molar-refractivity contribution in [1.82, 2.24) is 4.98 Å². The van der Waals surface area contributed by atoms with Crippen LogP contribution in [0.3, 0.4) is 0 Å². The lowest BCUT2D eigenvalue weighted by atomic mass is 10.1. The normalized spacial score (nSPS) is 14.4. The molecule has 1 aliphatic rings. The zero-order chi connectivity index (χ0) is 18.8. The summed E-state index contributed by atoms with van der Waals surface area (Å²) >= 11 is 0. The number of nitrogens with one attached hydrogen (secondary N) is 1. The van der Waals surface area contributed by atoms with Gasteiger partial charge in [-0.25, -0.2) is 4.79 Å². The van der Waals surface area contributed by atoms with Gasteiger partial charge in [0.05, 0.1) is 12.6 Å². The summed E-state index contributed by atoms with van der Waals surface area (Å²) in [5.74, 6) is -0.626. The number of hydrogen-bond acceptors (Lipinski definition) is 5. The lowest BCUT2D eigenvalue weighted by Gasteiger charge is -2.37. The van der Waals surface area contributed by atoms with Crippen molar-refractivity contribution in [1.29, 1.82) is 0 Å². The van der Waals surface area contributed by atoms with Crippen LogP contribution in [0.4, 0.5) is 11.4 Å². The molecule has 0 spiro atoms. The molecule has 6 heteroatoms. The van der Waals surface area contributed by atoms with Gasteiger partial charge in [0.1, 0.15) is 5.56 Å². The first-order chi connectivity index (χ1) is 13.2. The Morgan fingerprint density at radius 1 is 0.963 bits per heavy atom. The second kappa shape index (κ2) is 7.15. The maximum atomic E-state index is 12.5. The van der Waals surface area contributed by atoms with Crippen LogP contribution < -0.4 is 15.2 Å². The van der Waals surface area contributed by atoms with Gasteiger partial charge in [0, 0.05) is 49.1 Å². The summed E-state index contributed by atoms with van der Waals surface area (Å²) in [6.07, 6.45) is 1.42. The van der Waals surface area contributed by atoms with E-state index in [1.165, 1.54) is 19.0 Å². The Balaban J connectivity index is 1.55. The number of aromatic amines is 1. The van der Waals surface area contributed by atoms with E-state index in [0.29, 0.717) is 5.39 Å². The highest BCUT2D eigenvalue weighted by molar-refractivity contribution is 5.94. The third kappa shape index (κ3) is 3.26. The molecule has 0 atom stereocenters. The number of esters is 1. The van der Waals surface area contributed by atoms with Crippen molar-refractivity contribution in [2.24, 2.45) is 0 Å². The molecule has 0 unspecified atom stereocenters. The first kappa shape index (κ1) is 17.1. The average molecular weight is 363 g/mol. The van der Waals surface area contributed by atoms with Gasteiger partial charge in [-0.2, -0.15) is 0 Å². The Labute approximate surface area is 157 Å². The van der Waals surface area contributed by atoms with Gasteiger partial charge < -0.3 is 19.5 Å². The number of H-pyrrole nitrogens is 1. The SMILES string of the molecule is COC(=O)c1c[nH]c2cc(N3CCN(c4ccccc4)CC3)ccc2c1=O. The van der Waals surface area contributed by atoms with Crippen LogP contribution in [0.25, 0.3) is 10.9 Å². The maximum absolute atomic E-state index is 12.5. The molecule has 6 nitrogen and oxygen atoms in total. The van der Waals surface area contributed by atoms with E-state index in [0.717, 1.165) is 37.4 Å². The summed E-state index contributed by atoms with van der Waals surface area (Å²) < 4.78 is 4.66.